The quantitative estimate of drug-likeness (QED) is 0.724. The van der Waals surface area contributed by atoms with E-state index < -0.39 is 5.82 Å². The van der Waals surface area contributed by atoms with Crippen LogP contribution in [0.5, 0.6) is 11.5 Å². The van der Waals surface area contributed by atoms with E-state index in [0.29, 0.717) is 17.7 Å². The van der Waals surface area contributed by atoms with Crippen molar-refractivity contribution < 1.29 is 18.7 Å². The van der Waals surface area contributed by atoms with E-state index in [4.69, 9.17) is 9.47 Å². The van der Waals surface area contributed by atoms with E-state index in [-0.39, 0.29) is 11.7 Å². The lowest BCUT2D eigenvalue weighted by Crippen LogP contribution is -2.01. The maximum Gasteiger partial charge on any atom is 0.165 e. The van der Waals surface area contributed by atoms with Crippen molar-refractivity contribution in [2.75, 3.05) is 14.2 Å². The minimum absolute atomic E-state index is 0.0761. The number of rotatable bonds is 5. The molecule has 0 heterocycles. The van der Waals surface area contributed by atoms with Crippen molar-refractivity contribution in [2.24, 2.45) is 0 Å². The molecule has 3 nitrogen and oxygen atoms in total. The van der Waals surface area contributed by atoms with Gasteiger partial charge in [-0.3, -0.25) is 0 Å². The first-order valence-corrected chi connectivity index (χ1v) is 4.99. The molecule has 1 rings (SSSR count). The number of methoxy groups -OCH3 is 2. The fourth-order valence-electron chi connectivity index (χ4n) is 1.54. The minimum atomic E-state index is -0.448. The molecule has 1 unspecified atom stereocenters. The molecular formula is C12H15FO3. The summed E-state index contributed by atoms with van der Waals surface area (Å²) in [6.07, 6.45) is 1.15. The van der Waals surface area contributed by atoms with Gasteiger partial charge in [-0.05, 0) is 12.0 Å². The smallest absolute Gasteiger partial charge is 0.165 e. The average Bonchev–Trinajstić information content (AvgIpc) is 2.29. The zero-order valence-corrected chi connectivity index (χ0v) is 9.62. The van der Waals surface area contributed by atoms with Gasteiger partial charge in [-0.15, -0.1) is 0 Å². The van der Waals surface area contributed by atoms with E-state index in [9.17, 15) is 9.18 Å². The summed E-state index contributed by atoms with van der Waals surface area (Å²) in [5.41, 5.74) is 0.674. The number of halogens is 1. The van der Waals surface area contributed by atoms with Crippen molar-refractivity contribution in [1.82, 2.24) is 0 Å². The first-order chi connectivity index (χ1) is 7.63. The number of aldehydes is 1. The maximum atomic E-state index is 13.5. The highest BCUT2D eigenvalue weighted by molar-refractivity contribution is 5.53. The normalized spacial score (nSPS) is 12.0. The molecule has 0 radical (unpaired) electrons. The molecule has 1 atom stereocenters. The van der Waals surface area contributed by atoms with Gasteiger partial charge in [0.15, 0.2) is 11.6 Å². The molecular weight excluding hydrogens is 211 g/mol. The lowest BCUT2D eigenvalue weighted by Gasteiger charge is -2.15. The molecule has 0 aromatic heterocycles. The van der Waals surface area contributed by atoms with Gasteiger partial charge in [0.1, 0.15) is 12.0 Å². The highest BCUT2D eigenvalue weighted by atomic mass is 19.1. The predicted molar refractivity (Wildman–Crippen MR) is 58.6 cm³/mol. The van der Waals surface area contributed by atoms with Gasteiger partial charge in [0, 0.05) is 18.1 Å². The molecule has 0 amide bonds. The second-order valence-electron chi connectivity index (χ2n) is 3.53. The summed E-state index contributed by atoms with van der Waals surface area (Å²) in [7, 11) is 2.90. The van der Waals surface area contributed by atoms with Gasteiger partial charge >= 0.3 is 0 Å². The molecule has 0 N–H and O–H groups in total. The van der Waals surface area contributed by atoms with Gasteiger partial charge in [-0.2, -0.15) is 0 Å². The van der Waals surface area contributed by atoms with Crippen LogP contribution in [0.4, 0.5) is 4.39 Å². The topological polar surface area (TPSA) is 35.5 Å². The van der Waals surface area contributed by atoms with E-state index in [0.717, 1.165) is 6.29 Å². The third kappa shape index (κ3) is 2.51. The summed E-state index contributed by atoms with van der Waals surface area (Å²) in [6, 6.07) is 2.85. The maximum absolute atomic E-state index is 13.5. The van der Waals surface area contributed by atoms with Crippen molar-refractivity contribution in [3.63, 3.8) is 0 Å². The Morgan fingerprint density at radius 1 is 1.31 bits per heavy atom. The molecule has 0 aliphatic carbocycles. The predicted octanol–water partition coefficient (Wildman–Crippen LogP) is 2.54. The Morgan fingerprint density at radius 2 is 1.94 bits per heavy atom. The number of carbonyl (C=O) groups excluding carboxylic acids is 1. The number of hydrogen-bond acceptors (Lipinski definition) is 3. The summed E-state index contributed by atoms with van der Waals surface area (Å²) >= 11 is 0. The summed E-state index contributed by atoms with van der Waals surface area (Å²) in [6.45, 7) is 1.85. The Bertz CT molecular complexity index is 377. The van der Waals surface area contributed by atoms with E-state index in [1.165, 1.54) is 26.4 Å². The lowest BCUT2D eigenvalue weighted by molar-refractivity contribution is -0.108. The van der Waals surface area contributed by atoms with Crippen LogP contribution < -0.4 is 9.47 Å². The summed E-state index contributed by atoms with van der Waals surface area (Å²) in [5, 5.41) is 0. The first-order valence-electron chi connectivity index (χ1n) is 4.99. The molecule has 1 aromatic carbocycles. The zero-order valence-electron chi connectivity index (χ0n) is 9.62. The Kier molecular flexibility index (Phi) is 4.28. The van der Waals surface area contributed by atoms with Crippen molar-refractivity contribution in [1.29, 1.82) is 0 Å². The van der Waals surface area contributed by atoms with E-state index >= 15 is 0 Å². The van der Waals surface area contributed by atoms with Gasteiger partial charge in [-0.25, -0.2) is 4.39 Å². The first kappa shape index (κ1) is 12.5. The van der Waals surface area contributed by atoms with Crippen molar-refractivity contribution in [2.45, 2.75) is 19.3 Å². The minimum Gasteiger partial charge on any atom is -0.496 e. The molecule has 0 saturated carbocycles. The molecule has 0 aliphatic rings. The van der Waals surface area contributed by atoms with Gasteiger partial charge < -0.3 is 14.3 Å². The molecule has 0 fully saturated rings. The molecule has 16 heavy (non-hydrogen) atoms. The van der Waals surface area contributed by atoms with Crippen LogP contribution in [0.2, 0.25) is 0 Å². The van der Waals surface area contributed by atoms with E-state index in [1.807, 2.05) is 6.92 Å². The molecule has 0 bridgehead atoms. The fraction of sp³-hybridized carbons (Fsp3) is 0.417. The Labute approximate surface area is 94.2 Å². The molecule has 4 heteroatoms. The van der Waals surface area contributed by atoms with Gasteiger partial charge in [0.05, 0.1) is 14.2 Å². The van der Waals surface area contributed by atoms with Crippen LogP contribution in [0.15, 0.2) is 12.1 Å². The highest BCUT2D eigenvalue weighted by Crippen LogP contribution is 2.33. The van der Waals surface area contributed by atoms with Gasteiger partial charge in [-0.1, -0.05) is 6.92 Å². The summed E-state index contributed by atoms with van der Waals surface area (Å²) in [5.74, 6) is 0.149. The number of ether oxygens (including phenoxy) is 2. The fourth-order valence-corrected chi connectivity index (χ4v) is 1.54. The molecule has 88 valence electrons. The number of benzene rings is 1. The lowest BCUT2D eigenvalue weighted by atomic mass is 9.97. The molecule has 0 aliphatic heterocycles. The van der Waals surface area contributed by atoms with E-state index in [1.54, 1.807) is 0 Å². The van der Waals surface area contributed by atoms with Crippen molar-refractivity contribution >= 4 is 6.29 Å². The molecule has 1 aromatic rings. The van der Waals surface area contributed by atoms with Crippen molar-refractivity contribution in [3.8, 4) is 11.5 Å². The van der Waals surface area contributed by atoms with Crippen LogP contribution in [0.3, 0.4) is 0 Å². The molecule has 0 saturated heterocycles. The van der Waals surface area contributed by atoms with Crippen LogP contribution in [-0.4, -0.2) is 20.5 Å². The number of hydrogen-bond donors (Lipinski definition) is 0. The zero-order chi connectivity index (χ0) is 12.1. The van der Waals surface area contributed by atoms with Crippen molar-refractivity contribution in [3.05, 3.63) is 23.5 Å². The third-order valence-electron chi connectivity index (χ3n) is 2.48. The summed E-state index contributed by atoms with van der Waals surface area (Å²) in [4.78, 5) is 10.4. The Morgan fingerprint density at radius 3 is 2.44 bits per heavy atom. The summed E-state index contributed by atoms with van der Waals surface area (Å²) < 4.78 is 23.5. The SMILES string of the molecule is COc1cc(OC)c(C(C)CC=O)cc1F. The van der Waals surface area contributed by atoms with Gasteiger partial charge in [0.2, 0.25) is 0 Å². The second kappa shape index (κ2) is 5.49. The van der Waals surface area contributed by atoms with Crippen LogP contribution in [0.1, 0.15) is 24.8 Å². The van der Waals surface area contributed by atoms with Crippen LogP contribution in [0.25, 0.3) is 0 Å². The Hall–Kier alpha value is -1.58. The van der Waals surface area contributed by atoms with Crippen LogP contribution in [0, 0.1) is 5.82 Å². The van der Waals surface area contributed by atoms with Crippen LogP contribution in [-0.2, 0) is 4.79 Å². The largest absolute Gasteiger partial charge is 0.496 e. The monoisotopic (exact) mass is 226 g/mol. The molecule has 0 spiro atoms. The third-order valence-corrected chi connectivity index (χ3v) is 2.48. The number of carbonyl (C=O) groups is 1. The Balaban J connectivity index is 3.17. The standard InChI is InChI=1S/C12H15FO3/c1-8(4-5-14)9-6-10(13)12(16-3)7-11(9)15-2/h5-8H,4H2,1-3H3. The van der Waals surface area contributed by atoms with Gasteiger partial charge in [0.25, 0.3) is 0 Å². The highest BCUT2D eigenvalue weighted by Gasteiger charge is 2.15. The average molecular weight is 226 g/mol. The van der Waals surface area contributed by atoms with Crippen LogP contribution >= 0.6 is 0 Å². The van der Waals surface area contributed by atoms with E-state index in [2.05, 4.69) is 0 Å². The second-order valence-corrected chi connectivity index (χ2v) is 3.53.